The number of benzene rings is 3. The predicted molar refractivity (Wildman–Crippen MR) is 160 cm³/mol. The molecule has 2 heterocycles. The Balaban J connectivity index is 1.23. The van der Waals surface area contributed by atoms with E-state index >= 15 is 0 Å². The number of halogens is 1. The topological polar surface area (TPSA) is 111 Å². The highest BCUT2D eigenvalue weighted by Crippen LogP contribution is 2.46. The van der Waals surface area contributed by atoms with Crippen molar-refractivity contribution in [1.29, 1.82) is 0 Å². The van der Waals surface area contributed by atoms with Gasteiger partial charge in [0.05, 0.1) is 5.69 Å². The summed E-state index contributed by atoms with van der Waals surface area (Å²) in [4.78, 5) is 31.1. The summed E-state index contributed by atoms with van der Waals surface area (Å²) in [6, 6.07) is 16.2. The van der Waals surface area contributed by atoms with E-state index in [2.05, 4.69) is 10.3 Å². The second kappa shape index (κ2) is 10.2. The van der Waals surface area contributed by atoms with Crippen LogP contribution in [0.25, 0.3) is 16.3 Å². The summed E-state index contributed by atoms with van der Waals surface area (Å²) in [7, 11) is 0. The molecule has 7 nitrogen and oxygen atoms in total. The number of alkyl halides is 1. The van der Waals surface area contributed by atoms with Crippen LogP contribution in [0.15, 0.2) is 78.6 Å². The minimum absolute atomic E-state index is 0.0349. The molecule has 1 aliphatic heterocycles. The number of nitrogens with one attached hydrogen (secondary N) is 2. The molecule has 0 bridgehead atoms. The Hall–Kier alpha value is -4.49. The number of allylic oxidation sites excluding steroid dienone is 4. The van der Waals surface area contributed by atoms with Crippen molar-refractivity contribution >= 4 is 51.1 Å². The zero-order valence-corrected chi connectivity index (χ0v) is 22.8. The minimum Gasteiger partial charge on any atom is -0.507 e. The summed E-state index contributed by atoms with van der Waals surface area (Å²) in [5.74, 6) is 0.143. The number of hydrogen-bond donors (Lipinski definition) is 4. The van der Waals surface area contributed by atoms with E-state index in [0.29, 0.717) is 41.5 Å². The number of aromatic nitrogens is 1. The molecule has 0 unspecified atom stereocenters. The largest absolute Gasteiger partial charge is 0.507 e. The summed E-state index contributed by atoms with van der Waals surface area (Å²) in [6.07, 6.45) is 7.10. The molecule has 2 aliphatic rings. The number of phenolic OH excluding ortho intramolecular Hbond substituents is 1. The third-order valence-electron chi connectivity index (χ3n) is 7.78. The van der Waals surface area contributed by atoms with Gasteiger partial charge in [-0.3, -0.25) is 9.59 Å². The molecule has 0 spiro atoms. The zero-order chi connectivity index (χ0) is 28.0. The van der Waals surface area contributed by atoms with Crippen LogP contribution in [0, 0.1) is 6.92 Å². The van der Waals surface area contributed by atoms with Crippen molar-refractivity contribution in [3.63, 3.8) is 0 Å². The monoisotopic (exact) mass is 552 g/mol. The van der Waals surface area contributed by atoms with Crippen LogP contribution >= 0.6 is 11.6 Å². The van der Waals surface area contributed by atoms with Gasteiger partial charge in [0, 0.05) is 52.9 Å². The summed E-state index contributed by atoms with van der Waals surface area (Å²) in [5, 5.41) is 15.5. The molecule has 5 N–H and O–H groups in total. The Morgan fingerprint density at radius 1 is 1.12 bits per heavy atom. The number of carbonyl (C=O) groups is 2. The van der Waals surface area contributed by atoms with Gasteiger partial charge in [0.25, 0.3) is 11.8 Å². The van der Waals surface area contributed by atoms with Crippen LogP contribution in [0.1, 0.15) is 56.3 Å². The van der Waals surface area contributed by atoms with E-state index in [9.17, 15) is 14.7 Å². The maximum Gasteiger partial charge on any atom is 0.274 e. The molecule has 2 amide bonds. The van der Waals surface area contributed by atoms with Gasteiger partial charge in [-0.2, -0.15) is 0 Å². The molecule has 0 saturated carbocycles. The molecule has 8 heteroatoms. The highest BCUT2D eigenvalue weighted by molar-refractivity contribution is 6.19. The fourth-order valence-electron chi connectivity index (χ4n) is 5.70. The zero-order valence-electron chi connectivity index (χ0n) is 22.0. The minimum atomic E-state index is -0.173. The average molecular weight is 553 g/mol. The highest BCUT2D eigenvalue weighted by atomic mass is 35.5. The van der Waals surface area contributed by atoms with E-state index < -0.39 is 0 Å². The van der Waals surface area contributed by atoms with Gasteiger partial charge in [0.1, 0.15) is 11.4 Å². The van der Waals surface area contributed by atoms with Crippen LogP contribution in [0.4, 0.5) is 11.4 Å². The quantitative estimate of drug-likeness (QED) is 0.173. The van der Waals surface area contributed by atoms with Crippen molar-refractivity contribution in [1.82, 2.24) is 10.3 Å². The first-order valence-corrected chi connectivity index (χ1v) is 13.8. The van der Waals surface area contributed by atoms with Crippen molar-refractivity contribution in [2.75, 3.05) is 23.1 Å². The molecule has 0 fully saturated rings. The fourth-order valence-corrected chi connectivity index (χ4v) is 5.95. The van der Waals surface area contributed by atoms with Crippen molar-refractivity contribution in [2.45, 2.75) is 25.7 Å². The molecule has 202 valence electrons. The predicted octanol–water partition coefficient (Wildman–Crippen LogP) is 6.24. The lowest BCUT2D eigenvalue weighted by atomic mass is 9.92. The Kier molecular flexibility index (Phi) is 6.60. The van der Waals surface area contributed by atoms with Crippen molar-refractivity contribution in [2.24, 2.45) is 0 Å². The van der Waals surface area contributed by atoms with Crippen LogP contribution in [-0.4, -0.2) is 34.3 Å². The molecule has 0 saturated heterocycles. The third-order valence-corrected chi connectivity index (χ3v) is 8.15. The molecule has 6 rings (SSSR count). The SMILES string of the molecule is Cc1cccc2c(O)cc3c(c12)[C@H](CCl)CN3C(=O)c1cc(C2=CC=C(NC(=O)c3ccc(N)cc3)CC2)c[nH]1. The molecule has 4 aromatic rings. The van der Waals surface area contributed by atoms with E-state index in [1.807, 2.05) is 49.5 Å². The first-order valence-electron chi connectivity index (χ1n) is 13.2. The van der Waals surface area contributed by atoms with Crippen molar-refractivity contribution in [3.05, 3.63) is 107 Å². The van der Waals surface area contributed by atoms with E-state index in [0.717, 1.165) is 45.2 Å². The number of aromatic amines is 1. The number of aromatic hydroxyl groups is 1. The van der Waals surface area contributed by atoms with Gasteiger partial charge in [0.2, 0.25) is 0 Å². The molecule has 1 atom stereocenters. The van der Waals surface area contributed by atoms with E-state index in [1.165, 1.54) is 0 Å². The smallest absolute Gasteiger partial charge is 0.274 e. The van der Waals surface area contributed by atoms with Gasteiger partial charge < -0.3 is 26.0 Å². The first kappa shape index (κ1) is 25.8. The maximum absolute atomic E-state index is 13.7. The van der Waals surface area contributed by atoms with Crippen LogP contribution in [-0.2, 0) is 0 Å². The number of hydrogen-bond acceptors (Lipinski definition) is 4. The number of rotatable bonds is 5. The Morgan fingerprint density at radius 2 is 1.93 bits per heavy atom. The number of carbonyl (C=O) groups excluding carboxylic acids is 2. The van der Waals surface area contributed by atoms with Crippen molar-refractivity contribution < 1.29 is 14.7 Å². The number of nitrogens with zero attached hydrogens (tertiary/aromatic N) is 1. The molecule has 3 aromatic carbocycles. The normalized spacial score (nSPS) is 16.4. The van der Waals surface area contributed by atoms with Crippen LogP contribution in [0.5, 0.6) is 5.75 Å². The van der Waals surface area contributed by atoms with Gasteiger partial charge in [-0.1, -0.05) is 24.3 Å². The fraction of sp³-hybridized carbons (Fsp3) is 0.188. The summed E-state index contributed by atoms with van der Waals surface area (Å²) in [6.45, 7) is 2.46. The number of nitrogens with two attached hydrogens (primary N) is 1. The standard InChI is InChI=1S/C32H29ClN4O3/c1-18-3-2-4-25-28(38)14-27-30(29(18)25)22(15-33)17-37(27)32(40)26-13-21(16-35-26)19-7-11-24(12-8-19)36-31(39)20-5-9-23(34)10-6-20/h2-7,9-11,13-14,16,22,35,38H,8,12,15,17,34H2,1H3,(H,36,39)/t22-/m1/s1. The Labute approximate surface area is 236 Å². The average Bonchev–Trinajstić information content (AvgIpc) is 3.59. The van der Waals surface area contributed by atoms with Gasteiger partial charge in [-0.25, -0.2) is 0 Å². The molecule has 1 aromatic heterocycles. The highest BCUT2D eigenvalue weighted by Gasteiger charge is 2.35. The summed E-state index contributed by atoms with van der Waals surface area (Å²) < 4.78 is 0. The van der Waals surface area contributed by atoms with Gasteiger partial charge in [-0.05, 0) is 83.8 Å². The van der Waals surface area contributed by atoms with Crippen LogP contribution < -0.4 is 16.0 Å². The number of phenols is 1. The van der Waals surface area contributed by atoms with E-state index in [-0.39, 0.29) is 23.5 Å². The number of nitrogen functional groups attached to an aromatic ring is 1. The van der Waals surface area contributed by atoms with Gasteiger partial charge in [0.15, 0.2) is 0 Å². The Bertz CT molecular complexity index is 1720. The lowest BCUT2D eigenvalue weighted by Crippen LogP contribution is -2.30. The molecule has 1 aliphatic carbocycles. The lowest BCUT2D eigenvalue weighted by Gasteiger charge is -2.18. The second-order valence-corrected chi connectivity index (χ2v) is 10.7. The molecular weight excluding hydrogens is 524 g/mol. The number of anilines is 2. The van der Waals surface area contributed by atoms with E-state index in [4.69, 9.17) is 17.3 Å². The van der Waals surface area contributed by atoms with Gasteiger partial charge >= 0.3 is 0 Å². The van der Waals surface area contributed by atoms with Crippen LogP contribution in [0.3, 0.4) is 0 Å². The first-order chi connectivity index (χ1) is 19.3. The van der Waals surface area contributed by atoms with Crippen LogP contribution in [0.2, 0.25) is 0 Å². The second-order valence-electron chi connectivity index (χ2n) is 10.4. The van der Waals surface area contributed by atoms with Gasteiger partial charge in [-0.15, -0.1) is 11.6 Å². The Morgan fingerprint density at radius 3 is 2.65 bits per heavy atom. The van der Waals surface area contributed by atoms with E-state index in [1.54, 1.807) is 35.2 Å². The number of aryl methyl sites for hydroxylation is 1. The third kappa shape index (κ3) is 4.52. The maximum atomic E-state index is 13.7. The number of fused-ring (bicyclic) bond motifs is 3. The lowest BCUT2D eigenvalue weighted by molar-refractivity contribution is 0.0961. The molecule has 40 heavy (non-hydrogen) atoms. The summed E-state index contributed by atoms with van der Waals surface area (Å²) >= 11 is 6.38. The molecule has 0 radical (unpaired) electrons. The van der Waals surface area contributed by atoms with Crippen molar-refractivity contribution in [3.8, 4) is 5.75 Å². The number of H-pyrrole nitrogens is 1. The number of amides is 2. The molecular formula is C32H29ClN4O3. The summed E-state index contributed by atoms with van der Waals surface area (Å²) in [5.41, 5.74) is 12.9.